The van der Waals surface area contributed by atoms with Crippen LogP contribution in [0.4, 0.5) is 5.00 Å². The van der Waals surface area contributed by atoms with Crippen LogP contribution in [0.25, 0.3) is 0 Å². The number of hydrogen-bond acceptors (Lipinski definition) is 6. The van der Waals surface area contributed by atoms with E-state index in [-0.39, 0.29) is 18.4 Å². The summed E-state index contributed by atoms with van der Waals surface area (Å²) in [4.78, 5) is 38.1. The van der Waals surface area contributed by atoms with Gasteiger partial charge in [0.15, 0.2) is 0 Å². The van der Waals surface area contributed by atoms with E-state index in [0.717, 1.165) is 29.7 Å². The molecule has 1 aromatic heterocycles. The van der Waals surface area contributed by atoms with Crippen molar-refractivity contribution in [1.82, 2.24) is 0 Å². The highest BCUT2D eigenvalue weighted by Crippen LogP contribution is 2.41. The van der Waals surface area contributed by atoms with Crippen molar-refractivity contribution in [2.75, 3.05) is 5.32 Å². The normalized spacial score (nSPS) is 23.9. The minimum Gasteiger partial charge on any atom is -0.550 e. The summed E-state index contributed by atoms with van der Waals surface area (Å²) in [6, 6.07) is 0. The topological polar surface area (TPSA) is 95.5 Å². The van der Waals surface area contributed by atoms with Gasteiger partial charge in [0.25, 0.3) is 0 Å². The first kappa shape index (κ1) is 20.6. The second-order valence-electron chi connectivity index (χ2n) is 7.97. The summed E-state index contributed by atoms with van der Waals surface area (Å²) in [7, 11) is 0. The molecule has 2 aliphatic carbocycles. The van der Waals surface area contributed by atoms with Crippen LogP contribution >= 0.6 is 11.3 Å². The SMILES string of the molecule is CC(C)OC(=O)c1c(NC(=O)[C@@H]2CC=CC[C@@H]2C(=O)[O-])sc2c1CC[C@@H](C)C2. The molecule has 0 unspecified atom stereocenters. The van der Waals surface area contributed by atoms with Gasteiger partial charge < -0.3 is 20.0 Å². The number of carbonyl (C=O) groups is 3. The van der Waals surface area contributed by atoms with Gasteiger partial charge in [-0.05, 0) is 57.4 Å². The van der Waals surface area contributed by atoms with Crippen molar-refractivity contribution in [2.45, 2.75) is 59.0 Å². The predicted molar refractivity (Wildman–Crippen MR) is 105 cm³/mol. The highest BCUT2D eigenvalue weighted by molar-refractivity contribution is 7.17. The van der Waals surface area contributed by atoms with E-state index in [0.29, 0.717) is 22.9 Å². The molecule has 0 aliphatic heterocycles. The Balaban J connectivity index is 1.90. The number of carbonyl (C=O) groups excluding carboxylic acids is 3. The minimum absolute atomic E-state index is 0.264. The number of nitrogens with one attached hydrogen (secondary N) is 1. The number of carboxylic acids is 1. The van der Waals surface area contributed by atoms with Crippen LogP contribution in [-0.2, 0) is 27.2 Å². The van der Waals surface area contributed by atoms with Gasteiger partial charge in [-0.2, -0.15) is 0 Å². The lowest BCUT2D eigenvalue weighted by Crippen LogP contribution is -2.41. The van der Waals surface area contributed by atoms with Crippen LogP contribution in [-0.4, -0.2) is 23.9 Å². The number of esters is 1. The number of allylic oxidation sites excluding steroid dienone is 2. The summed E-state index contributed by atoms with van der Waals surface area (Å²) in [5.41, 5.74) is 1.40. The van der Waals surface area contributed by atoms with Gasteiger partial charge in [-0.3, -0.25) is 4.79 Å². The van der Waals surface area contributed by atoms with Gasteiger partial charge in [-0.15, -0.1) is 11.3 Å². The van der Waals surface area contributed by atoms with Gasteiger partial charge in [0.1, 0.15) is 5.00 Å². The molecule has 2 aliphatic rings. The maximum absolute atomic E-state index is 12.9. The quantitative estimate of drug-likeness (QED) is 0.601. The molecule has 3 atom stereocenters. The van der Waals surface area contributed by atoms with Crippen molar-refractivity contribution in [3.63, 3.8) is 0 Å². The van der Waals surface area contributed by atoms with Gasteiger partial charge in [0, 0.05) is 16.8 Å². The minimum atomic E-state index is -1.22. The van der Waals surface area contributed by atoms with E-state index < -0.39 is 23.8 Å². The van der Waals surface area contributed by atoms with Gasteiger partial charge in [0.05, 0.1) is 17.6 Å². The number of aliphatic carboxylic acids is 1. The van der Waals surface area contributed by atoms with Crippen LogP contribution in [0.3, 0.4) is 0 Å². The first-order valence-corrected chi connectivity index (χ1v) is 10.6. The fourth-order valence-electron chi connectivity index (χ4n) is 3.90. The van der Waals surface area contributed by atoms with Crippen LogP contribution in [0.15, 0.2) is 12.2 Å². The maximum Gasteiger partial charge on any atom is 0.341 e. The standard InChI is InChI=1S/C21H27NO5S/c1-11(2)27-21(26)17-15-9-8-12(3)10-16(15)28-19(17)22-18(23)13-6-4-5-7-14(13)20(24)25/h4-5,11-14H,6-10H2,1-3H3,(H,22,23)(H,24,25)/p-1/t12-,13-,14+/m1/s1. The first-order valence-electron chi connectivity index (χ1n) is 9.80. The Morgan fingerprint density at radius 2 is 1.89 bits per heavy atom. The molecule has 0 fully saturated rings. The van der Waals surface area contributed by atoms with Crippen LogP contribution in [0, 0.1) is 17.8 Å². The monoisotopic (exact) mass is 404 g/mol. The molecular formula is C21H26NO5S-. The van der Waals surface area contributed by atoms with Gasteiger partial charge >= 0.3 is 5.97 Å². The van der Waals surface area contributed by atoms with E-state index in [1.54, 1.807) is 19.9 Å². The summed E-state index contributed by atoms with van der Waals surface area (Å²) in [5, 5.41) is 14.7. The van der Waals surface area contributed by atoms with Crippen molar-refractivity contribution in [2.24, 2.45) is 17.8 Å². The van der Waals surface area contributed by atoms with Gasteiger partial charge in [-0.1, -0.05) is 19.1 Å². The van der Waals surface area contributed by atoms with Gasteiger partial charge in [-0.25, -0.2) is 4.79 Å². The Bertz CT molecular complexity index is 810. The molecule has 3 rings (SSSR count). The number of rotatable bonds is 5. The van der Waals surface area contributed by atoms with E-state index in [1.165, 1.54) is 11.3 Å². The van der Waals surface area contributed by atoms with Crippen molar-refractivity contribution in [3.05, 3.63) is 28.2 Å². The molecule has 1 amide bonds. The van der Waals surface area contributed by atoms with E-state index >= 15 is 0 Å². The Morgan fingerprint density at radius 1 is 1.21 bits per heavy atom. The summed E-state index contributed by atoms with van der Waals surface area (Å²) in [6.07, 6.45) is 6.57. The lowest BCUT2D eigenvalue weighted by molar-refractivity contribution is -0.313. The van der Waals surface area contributed by atoms with E-state index in [1.807, 2.05) is 6.08 Å². The molecule has 1 N–H and O–H groups in total. The average molecular weight is 405 g/mol. The number of anilines is 1. The summed E-state index contributed by atoms with van der Waals surface area (Å²) in [5.74, 6) is -3.08. The van der Waals surface area contributed by atoms with Crippen molar-refractivity contribution in [3.8, 4) is 0 Å². The molecule has 0 saturated heterocycles. The molecular weight excluding hydrogens is 378 g/mol. The van der Waals surface area contributed by atoms with Crippen LogP contribution in [0.5, 0.6) is 0 Å². The lowest BCUT2D eigenvalue weighted by atomic mass is 9.82. The number of amides is 1. The number of fused-ring (bicyclic) bond motifs is 1. The zero-order valence-corrected chi connectivity index (χ0v) is 17.3. The van der Waals surface area contributed by atoms with Gasteiger partial charge in [0.2, 0.25) is 5.91 Å². The number of ether oxygens (including phenoxy) is 1. The van der Waals surface area contributed by atoms with E-state index in [2.05, 4.69) is 12.2 Å². The summed E-state index contributed by atoms with van der Waals surface area (Å²) in [6.45, 7) is 5.75. The third-order valence-electron chi connectivity index (χ3n) is 5.37. The smallest absolute Gasteiger partial charge is 0.341 e. The zero-order valence-electron chi connectivity index (χ0n) is 16.4. The van der Waals surface area contributed by atoms with Crippen LogP contribution in [0.2, 0.25) is 0 Å². The summed E-state index contributed by atoms with van der Waals surface area (Å²) >= 11 is 1.41. The third-order valence-corrected chi connectivity index (χ3v) is 6.54. The molecule has 1 heterocycles. The van der Waals surface area contributed by atoms with E-state index in [4.69, 9.17) is 4.74 Å². The molecule has 0 spiro atoms. The first-order chi connectivity index (χ1) is 13.3. The molecule has 0 radical (unpaired) electrons. The largest absolute Gasteiger partial charge is 0.550 e. The van der Waals surface area contributed by atoms with Crippen molar-refractivity contribution < 1.29 is 24.2 Å². The Morgan fingerprint density at radius 3 is 2.54 bits per heavy atom. The van der Waals surface area contributed by atoms with E-state index in [9.17, 15) is 19.5 Å². The highest BCUT2D eigenvalue weighted by Gasteiger charge is 2.33. The Hall–Kier alpha value is -2.15. The molecule has 1 aromatic rings. The number of carboxylic acid groups (broad SMARTS) is 1. The number of thiophene rings is 1. The second-order valence-corrected chi connectivity index (χ2v) is 9.08. The predicted octanol–water partition coefficient (Wildman–Crippen LogP) is 2.71. The van der Waals surface area contributed by atoms with Crippen molar-refractivity contribution in [1.29, 1.82) is 0 Å². The van der Waals surface area contributed by atoms with Crippen LogP contribution in [0.1, 0.15) is 60.8 Å². The highest BCUT2D eigenvalue weighted by atomic mass is 32.1. The fraction of sp³-hybridized carbons (Fsp3) is 0.571. The molecule has 0 aromatic carbocycles. The average Bonchev–Trinajstić information content (AvgIpc) is 2.97. The lowest BCUT2D eigenvalue weighted by Gasteiger charge is -2.28. The molecule has 152 valence electrons. The summed E-state index contributed by atoms with van der Waals surface area (Å²) < 4.78 is 5.42. The Kier molecular flexibility index (Phi) is 6.23. The molecule has 6 nitrogen and oxygen atoms in total. The maximum atomic E-state index is 12.9. The fourth-order valence-corrected chi connectivity index (χ4v) is 5.30. The second kappa shape index (κ2) is 8.47. The molecule has 7 heteroatoms. The molecule has 28 heavy (non-hydrogen) atoms. The van der Waals surface area contributed by atoms with Crippen LogP contribution < -0.4 is 10.4 Å². The Labute approximate surface area is 169 Å². The number of hydrogen-bond donors (Lipinski definition) is 1. The molecule has 0 bridgehead atoms. The molecule has 0 saturated carbocycles. The third kappa shape index (κ3) is 4.29. The zero-order chi connectivity index (χ0) is 20.4. The van der Waals surface area contributed by atoms with Crippen molar-refractivity contribution >= 4 is 34.2 Å².